The Kier molecular flexibility index (Phi) is 9.07. The molecule has 1 saturated carbocycles. The maximum atomic E-state index is 6.51. The van der Waals surface area contributed by atoms with E-state index in [-0.39, 0.29) is 0 Å². The molecule has 2 rings (SSSR count). The molecule has 0 aromatic heterocycles. The quantitative estimate of drug-likeness (QED) is 0.488. The van der Waals surface area contributed by atoms with Gasteiger partial charge in [-0.05, 0) is 81.4 Å². The van der Waals surface area contributed by atoms with Crippen LogP contribution in [0.4, 0.5) is 0 Å². The van der Waals surface area contributed by atoms with Gasteiger partial charge in [0, 0.05) is 17.6 Å². The van der Waals surface area contributed by atoms with Crippen molar-refractivity contribution >= 4 is 11.6 Å². The second kappa shape index (κ2) is 11.1. The summed E-state index contributed by atoms with van der Waals surface area (Å²) in [5.41, 5.74) is 13.8. The van der Waals surface area contributed by atoms with Crippen molar-refractivity contribution in [1.82, 2.24) is 10.6 Å². The summed E-state index contributed by atoms with van der Waals surface area (Å²) in [6.07, 6.45) is 7.00. The molecule has 1 fully saturated rings. The van der Waals surface area contributed by atoms with Crippen LogP contribution in [0.1, 0.15) is 55.6 Å². The number of rotatable bonds is 10. The smallest absolute Gasteiger partial charge is 0.0441 e. The van der Waals surface area contributed by atoms with E-state index in [4.69, 9.17) is 23.1 Å². The Balaban J connectivity index is 1.93. The topological polar surface area (TPSA) is 76.1 Å². The molecule has 0 radical (unpaired) electrons. The fourth-order valence-electron chi connectivity index (χ4n) is 3.54. The van der Waals surface area contributed by atoms with Crippen LogP contribution < -0.4 is 22.1 Å². The lowest BCUT2D eigenvalue weighted by atomic mass is 9.81. The highest BCUT2D eigenvalue weighted by atomic mass is 35.5. The summed E-state index contributed by atoms with van der Waals surface area (Å²) >= 11 is 6.51. The van der Waals surface area contributed by atoms with Crippen molar-refractivity contribution in [2.24, 2.45) is 11.5 Å². The number of nitrogens with one attached hydrogen (secondary N) is 2. The first-order valence-corrected chi connectivity index (χ1v) is 9.75. The van der Waals surface area contributed by atoms with E-state index < -0.39 is 0 Å². The lowest BCUT2D eigenvalue weighted by Gasteiger charge is -2.31. The van der Waals surface area contributed by atoms with Crippen molar-refractivity contribution < 1.29 is 0 Å². The lowest BCUT2D eigenvalue weighted by molar-refractivity contribution is 0.339. The van der Waals surface area contributed by atoms with Gasteiger partial charge in [-0.15, -0.1) is 0 Å². The summed E-state index contributed by atoms with van der Waals surface area (Å²) in [5, 5.41) is 8.02. The predicted molar refractivity (Wildman–Crippen MR) is 104 cm³/mol. The molecule has 1 aromatic rings. The molecule has 0 heterocycles. The van der Waals surface area contributed by atoms with Crippen LogP contribution in [0.5, 0.6) is 0 Å². The van der Waals surface area contributed by atoms with Crippen LogP contribution in [-0.4, -0.2) is 32.2 Å². The normalized spacial score (nSPS) is 21.1. The molecule has 1 aliphatic rings. The monoisotopic (exact) mass is 352 g/mol. The van der Waals surface area contributed by atoms with Crippen LogP contribution >= 0.6 is 11.6 Å². The Morgan fingerprint density at radius 1 is 1.08 bits per heavy atom. The summed E-state index contributed by atoms with van der Waals surface area (Å²) in [4.78, 5) is 0. The summed E-state index contributed by atoms with van der Waals surface area (Å²) in [7, 11) is 0. The van der Waals surface area contributed by atoms with Crippen LogP contribution in [0.15, 0.2) is 18.2 Å². The summed E-state index contributed by atoms with van der Waals surface area (Å²) in [6.45, 7) is 4.36. The molecule has 136 valence electrons. The predicted octanol–water partition coefficient (Wildman–Crippen LogP) is 2.74. The standard InChI is InChI=1S/C19H33ClN4/c20-19-7-6-15(14-23-10-2-8-21)12-18(19)16-4-1-5-17(13-16)24-11-3-9-22/h6-7,12,16-17,23-24H,1-5,8-11,13-14,21-22H2. The molecule has 0 saturated heterocycles. The SMILES string of the molecule is NCCCNCc1ccc(Cl)c(C2CCCC(NCCCN)C2)c1. The van der Waals surface area contributed by atoms with Gasteiger partial charge in [-0.2, -0.15) is 0 Å². The van der Waals surface area contributed by atoms with Gasteiger partial charge in [0.05, 0.1) is 0 Å². The van der Waals surface area contributed by atoms with Crippen LogP contribution in [0.2, 0.25) is 5.02 Å². The minimum atomic E-state index is 0.561. The second-order valence-corrected chi connectivity index (χ2v) is 7.24. The molecule has 0 aliphatic heterocycles. The van der Waals surface area contributed by atoms with Crippen LogP contribution in [0.25, 0.3) is 0 Å². The summed E-state index contributed by atoms with van der Waals surface area (Å²) in [5.74, 6) is 0.561. The third kappa shape index (κ3) is 6.34. The van der Waals surface area contributed by atoms with Crippen molar-refractivity contribution in [3.05, 3.63) is 34.3 Å². The van der Waals surface area contributed by atoms with Gasteiger partial charge < -0.3 is 22.1 Å². The molecule has 2 atom stereocenters. The molecule has 4 nitrogen and oxygen atoms in total. The van der Waals surface area contributed by atoms with Crippen molar-refractivity contribution in [1.29, 1.82) is 0 Å². The number of hydrogen-bond donors (Lipinski definition) is 4. The van der Waals surface area contributed by atoms with Gasteiger partial charge in [0.1, 0.15) is 0 Å². The highest BCUT2D eigenvalue weighted by Gasteiger charge is 2.24. The number of benzene rings is 1. The highest BCUT2D eigenvalue weighted by molar-refractivity contribution is 6.31. The average molecular weight is 353 g/mol. The van der Waals surface area contributed by atoms with Gasteiger partial charge in [0.25, 0.3) is 0 Å². The zero-order valence-corrected chi connectivity index (χ0v) is 15.5. The van der Waals surface area contributed by atoms with Crippen molar-refractivity contribution in [3.63, 3.8) is 0 Å². The third-order valence-electron chi connectivity index (χ3n) is 4.88. The van der Waals surface area contributed by atoms with Crippen LogP contribution in [0.3, 0.4) is 0 Å². The maximum Gasteiger partial charge on any atom is 0.0441 e. The fraction of sp³-hybridized carbons (Fsp3) is 0.684. The van der Waals surface area contributed by atoms with E-state index in [0.29, 0.717) is 12.0 Å². The number of halogens is 1. The Hall–Kier alpha value is -0.650. The molecule has 1 aromatic carbocycles. The van der Waals surface area contributed by atoms with E-state index in [1.54, 1.807) is 0 Å². The first-order chi connectivity index (χ1) is 11.7. The van der Waals surface area contributed by atoms with E-state index in [0.717, 1.165) is 50.6 Å². The highest BCUT2D eigenvalue weighted by Crippen LogP contribution is 2.37. The Labute approximate surface area is 151 Å². The first-order valence-electron chi connectivity index (χ1n) is 9.37. The molecule has 0 spiro atoms. The van der Waals surface area contributed by atoms with Crippen molar-refractivity contribution in [2.75, 3.05) is 26.2 Å². The van der Waals surface area contributed by atoms with Crippen molar-refractivity contribution in [2.45, 2.75) is 57.0 Å². The largest absolute Gasteiger partial charge is 0.330 e. The molecule has 6 N–H and O–H groups in total. The van der Waals surface area contributed by atoms with Gasteiger partial charge in [-0.25, -0.2) is 0 Å². The van der Waals surface area contributed by atoms with Crippen LogP contribution in [0, 0.1) is 0 Å². The van der Waals surface area contributed by atoms with Crippen LogP contribution in [-0.2, 0) is 6.54 Å². The van der Waals surface area contributed by atoms with E-state index in [9.17, 15) is 0 Å². The summed E-state index contributed by atoms with van der Waals surface area (Å²) < 4.78 is 0. The maximum absolute atomic E-state index is 6.51. The Bertz CT molecular complexity index is 480. The number of hydrogen-bond acceptors (Lipinski definition) is 4. The molecule has 24 heavy (non-hydrogen) atoms. The molecule has 0 amide bonds. The van der Waals surface area contributed by atoms with E-state index in [1.165, 1.54) is 36.8 Å². The number of nitrogens with two attached hydrogens (primary N) is 2. The summed E-state index contributed by atoms with van der Waals surface area (Å²) in [6, 6.07) is 7.08. The van der Waals surface area contributed by atoms with Gasteiger partial charge >= 0.3 is 0 Å². The Morgan fingerprint density at radius 2 is 1.88 bits per heavy atom. The van der Waals surface area contributed by atoms with Gasteiger partial charge in [0.15, 0.2) is 0 Å². The molecule has 5 heteroatoms. The molecule has 2 unspecified atom stereocenters. The minimum Gasteiger partial charge on any atom is -0.330 e. The van der Waals surface area contributed by atoms with Crippen molar-refractivity contribution in [3.8, 4) is 0 Å². The van der Waals surface area contributed by atoms with Gasteiger partial charge in [-0.1, -0.05) is 30.2 Å². The molecular formula is C19H33ClN4. The lowest BCUT2D eigenvalue weighted by Crippen LogP contribution is -2.34. The fourth-order valence-corrected chi connectivity index (χ4v) is 3.81. The molecular weight excluding hydrogens is 320 g/mol. The Morgan fingerprint density at radius 3 is 2.67 bits per heavy atom. The average Bonchev–Trinajstić information content (AvgIpc) is 2.60. The molecule has 1 aliphatic carbocycles. The van der Waals surface area contributed by atoms with E-state index in [2.05, 4.69) is 28.8 Å². The second-order valence-electron chi connectivity index (χ2n) is 6.83. The van der Waals surface area contributed by atoms with E-state index >= 15 is 0 Å². The van der Waals surface area contributed by atoms with Gasteiger partial charge in [0.2, 0.25) is 0 Å². The zero-order valence-electron chi connectivity index (χ0n) is 14.7. The first kappa shape index (κ1) is 19.7. The molecule has 0 bridgehead atoms. The third-order valence-corrected chi connectivity index (χ3v) is 5.22. The van der Waals surface area contributed by atoms with E-state index in [1.807, 2.05) is 0 Å². The zero-order chi connectivity index (χ0) is 17.2. The van der Waals surface area contributed by atoms with Gasteiger partial charge in [-0.3, -0.25) is 0 Å². The minimum absolute atomic E-state index is 0.561.